The molecule has 1 N–H and O–H groups in total. The second-order valence-electron chi connectivity index (χ2n) is 5.93. The normalized spacial score (nSPS) is 39.8. The zero-order valence-corrected chi connectivity index (χ0v) is 10.4. The first kappa shape index (κ1) is 10.8. The zero-order valence-electron chi connectivity index (χ0n) is 10.4. The molecule has 16 heavy (non-hydrogen) atoms. The predicted octanol–water partition coefficient (Wildman–Crippen LogP) is 2.03. The van der Waals surface area contributed by atoms with Gasteiger partial charge in [0.05, 0.1) is 0 Å². The third-order valence-electron chi connectivity index (χ3n) is 4.85. The van der Waals surface area contributed by atoms with E-state index in [1.54, 1.807) is 5.57 Å². The van der Waals surface area contributed by atoms with Gasteiger partial charge in [-0.05, 0) is 44.6 Å². The van der Waals surface area contributed by atoms with Gasteiger partial charge in [-0.15, -0.1) is 0 Å². The second-order valence-corrected chi connectivity index (χ2v) is 5.93. The molecule has 0 aromatic carbocycles. The molecule has 2 nitrogen and oxygen atoms in total. The van der Waals surface area contributed by atoms with Crippen LogP contribution in [0.5, 0.6) is 0 Å². The van der Waals surface area contributed by atoms with E-state index in [1.165, 1.54) is 51.9 Å². The van der Waals surface area contributed by atoms with Crippen molar-refractivity contribution in [1.82, 2.24) is 10.2 Å². The molecule has 0 bridgehead atoms. The summed E-state index contributed by atoms with van der Waals surface area (Å²) in [4.78, 5) is 2.63. The van der Waals surface area contributed by atoms with Crippen LogP contribution in [0, 0.1) is 11.8 Å². The van der Waals surface area contributed by atoms with Crippen molar-refractivity contribution in [3.63, 3.8) is 0 Å². The van der Waals surface area contributed by atoms with E-state index >= 15 is 0 Å². The molecule has 3 rings (SSSR count). The first-order chi connectivity index (χ1) is 7.83. The molecule has 0 aromatic heterocycles. The molecule has 0 radical (unpaired) electrons. The lowest BCUT2D eigenvalue weighted by atomic mass is 9.93. The van der Waals surface area contributed by atoms with E-state index in [9.17, 15) is 0 Å². The fourth-order valence-electron chi connectivity index (χ4n) is 3.76. The summed E-state index contributed by atoms with van der Waals surface area (Å²) < 4.78 is 0. The third-order valence-corrected chi connectivity index (χ3v) is 4.85. The van der Waals surface area contributed by atoms with Crippen LogP contribution in [-0.2, 0) is 0 Å². The van der Waals surface area contributed by atoms with E-state index in [0.29, 0.717) is 0 Å². The van der Waals surface area contributed by atoms with Crippen LogP contribution < -0.4 is 5.32 Å². The summed E-state index contributed by atoms with van der Waals surface area (Å²) in [7, 11) is 0. The highest BCUT2D eigenvalue weighted by Crippen LogP contribution is 2.37. The van der Waals surface area contributed by atoms with Crippen LogP contribution in [0.3, 0.4) is 0 Å². The molecule has 0 spiro atoms. The minimum absolute atomic E-state index is 0.791. The molecule has 1 saturated heterocycles. The molecule has 0 aromatic rings. The van der Waals surface area contributed by atoms with Crippen molar-refractivity contribution < 1.29 is 0 Å². The molecule has 3 atom stereocenters. The molecule has 3 unspecified atom stereocenters. The van der Waals surface area contributed by atoms with E-state index < -0.39 is 0 Å². The molecule has 2 heterocycles. The first-order valence-corrected chi connectivity index (χ1v) is 6.94. The maximum atomic E-state index is 3.75. The Bertz CT molecular complexity index is 284. The third kappa shape index (κ3) is 2.05. The van der Waals surface area contributed by atoms with Crippen LogP contribution in [0.2, 0.25) is 0 Å². The largest absolute Gasteiger partial charge is 0.312 e. The van der Waals surface area contributed by atoms with Gasteiger partial charge in [-0.2, -0.15) is 0 Å². The maximum Gasteiger partial charge on any atom is 0.0226 e. The van der Waals surface area contributed by atoms with Gasteiger partial charge in [0.1, 0.15) is 0 Å². The topological polar surface area (TPSA) is 15.3 Å². The summed E-state index contributed by atoms with van der Waals surface area (Å²) >= 11 is 0. The Morgan fingerprint density at radius 1 is 1.44 bits per heavy atom. The molecular formula is C14H24N2. The quantitative estimate of drug-likeness (QED) is 0.716. The number of rotatable bonds is 2. The average Bonchev–Trinajstić information content (AvgIpc) is 2.86. The molecule has 90 valence electrons. The van der Waals surface area contributed by atoms with E-state index in [4.69, 9.17) is 0 Å². The zero-order chi connectivity index (χ0) is 11.0. The van der Waals surface area contributed by atoms with Crippen LogP contribution in [0.4, 0.5) is 0 Å². The summed E-state index contributed by atoms with van der Waals surface area (Å²) in [5, 5.41) is 3.75. The molecule has 0 amide bonds. The van der Waals surface area contributed by atoms with E-state index in [-0.39, 0.29) is 0 Å². The standard InChI is InChI=1S/C14H24N2/c1-11-5-7-16(8-6-11)10-14-13-4-2-3-12(13)9-15-14/h5,12-15H,2-4,6-10H2,1H3. The number of fused-ring (bicyclic) bond motifs is 1. The SMILES string of the molecule is CC1=CCN(CC2NCC3CCCC32)CC1. The van der Waals surface area contributed by atoms with Crippen molar-refractivity contribution in [3.8, 4) is 0 Å². The van der Waals surface area contributed by atoms with Gasteiger partial charge in [0.2, 0.25) is 0 Å². The van der Waals surface area contributed by atoms with Crippen LogP contribution in [0.15, 0.2) is 11.6 Å². The van der Waals surface area contributed by atoms with Crippen LogP contribution in [0.25, 0.3) is 0 Å². The van der Waals surface area contributed by atoms with Gasteiger partial charge < -0.3 is 5.32 Å². The van der Waals surface area contributed by atoms with Gasteiger partial charge in [0, 0.05) is 25.7 Å². The molecule has 1 saturated carbocycles. The Labute approximate surface area is 99.1 Å². The highest BCUT2D eigenvalue weighted by molar-refractivity contribution is 5.05. The molecule has 3 aliphatic rings. The van der Waals surface area contributed by atoms with Gasteiger partial charge in [-0.25, -0.2) is 0 Å². The first-order valence-electron chi connectivity index (χ1n) is 6.94. The Morgan fingerprint density at radius 3 is 3.19 bits per heavy atom. The summed E-state index contributed by atoms with van der Waals surface area (Å²) in [6.45, 7) is 7.29. The van der Waals surface area contributed by atoms with Crippen molar-refractivity contribution >= 4 is 0 Å². The molecule has 2 heteroatoms. The monoisotopic (exact) mass is 220 g/mol. The summed E-state index contributed by atoms with van der Waals surface area (Å²) in [5.41, 5.74) is 1.58. The van der Waals surface area contributed by atoms with Gasteiger partial charge >= 0.3 is 0 Å². The Kier molecular flexibility index (Phi) is 3.03. The van der Waals surface area contributed by atoms with Crippen molar-refractivity contribution in [1.29, 1.82) is 0 Å². The van der Waals surface area contributed by atoms with E-state index in [0.717, 1.165) is 17.9 Å². The number of nitrogens with one attached hydrogen (secondary N) is 1. The Hall–Kier alpha value is -0.340. The smallest absolute Gasteiger partial charge is 0.0226 e. The minimum atomic E-state index is 0.791. The van der Waals surface area contributed by atoms with Crippen LogP contribution >= 0.6 is 0 Å². The van der Waals surface area contributed by atoms with Crippen molar-refractivity contribution in [2.24, 2.45) is 11.8 Å². The predicted molar refractivity (Wildman–Crippen MR) is 67.4 cm³/mol. The lowest BCUT2D eigenvalue weighted by Gasteiger charge is -2.30. The van der Waals surface area contributed by atoms with E-state index in [1.807, 2.05) is 0 Å². The summed E-state index contributed by atoms with van der Waals surface area (Å²) in [5.74, 6) is 2.00. The second kappa shape index (κ2) is 4.50. The van der Waals surface area contributed by atoms with Gasteiger partial charge in [0.15, 0.2) is 0 Å². The molecule has 2 aliphatic heterocycles. The molecular weight excluding hydrogens is 196 g/mol. The van der Waals surface area contributed by atoms with E-state index in [2.05, 4.69) is 23.2 Å². The van der Waals surface area contributed by atoms with Gasteiger partial charge in [-0.1, -0.05) is 18.1 Å². The Morgan fingerprint density at radius 2 is 2.38 bits per heavy atom. The summed E-state index contributed by atoms with van der Waals surface area (Å²) in [6, 6.07) is 0.791. The summed E-state index contributed by atoms with van der Waals surface area (Å²) in [6.07, 6.45) is 8.12. The highest BCUT2D eigenvalue weighted by Gasteiger charge is 2.39. The molecule has 2 fully saturated rings. The fourth-order valence-corrected chi connectivity index (χ4v) is 3.76. The number of hydrogen-bond acceptors (Lipinski definition) is 2. The Balaban J connectivity index is 1.55. The van der Waals surface area contributed by atoms with Crippen molar-refractivity contribution in [2.45, 2.75) is 38.6 Å². The average molecular weight is 220 g/mol. The van der Waals surface area contributed by atoms with Gasteiger partial charge in [0.25, 0.3) is 0 Å². The minimum Gasteiger partial charge on any atom is -0.312 e. The lowest BCUT2D eigenvalue weighted by Crippen LogP contribution is -2.42. The maximum absolute atomic E-state index is 3.75. The number of nitrogens with zero attached hydrogens (tertiary/aromatic N) is 1. The lowest BCUT2D eigenvalue weighted by molar-refractivity contribution is 0.239. The van der Waals surface area contributed by atoms with Crippen molar-refractivity contribution in [3.05, 3.63) is 11.6 Å². The number of hydrogen-bond donors (Lipinski definition) is 1. The van der Waals surface area contributed by atoms with Gasteiger partial charge in [-0.3, -0.25) is 4.90 Å². The van der Waals surface area contributed by atoms with Crippen molar-refractivity contribution in [2.75, 3.05) is 26.2 Å². The van der Waals surface area contributed by atoms with Crippen LogP contribution in [-0.4, -0.2) is 37.1 Å². The molecule has 1 aliphatic carbocycles. The highest BCUT2D eigenvalue weighted by atomic mass is 15.2. The fraction of sp³-hybridized carbons (Fsp3) is 0.857. The van der Waals surface area contributed by atoms with Crippen LogP contribution in [0.1, 0.15) is 32.6 Å².